The molecule has 7 nitrogen and oxygen atoms in total. The smallest absolute Gasteiger partial charge is 0.287 e. The molecule has 0 saturated heterocycles. The Morgan fingerprint density at radius 2 is 1.86 bits per heavy atom. The molecular formula is C27H27FN4O3. The van der Waals surface area contributed by atoms with E-state index in [0.717, 1.165) is 17.7 Å². The molecule has 35 heavy (non-hydrogen) atoms. The molecule has 4 rings (SSSR count). The minimum atomic E-state index is -0.528. The van der Waals surface area contributed by atoms with Crippen molar-refractivity contribution in [3.8, 4) is 0 Å². The number of aromatic nitrogens is 2. The van der Waals surface area contributed by atoms with Crippen LogP contribution in [0.5, 0.6) is 0 Å². The number of hydrogen-bond donors (Lipinski definition) is 1. The zero-order chi connectivity index (χ0) is 24.6. The highest BCUT2D eigenvalue weighted by molar-refractivity contribution is 5.94. The number of furan rings is 1. The van der Waals surface area contributed by atoms with Crippen molar-refractivity contribution < 1.29 is 18.4 Å². The standard InChI is InChI=1S/C27H27FN4O3/c1-2-15-32(27(34)23-7-3-4-8-24(23)28)18-21-6-5-16-31(21)19-22-9-10-25(35-22)26(33)30-17-20-11-13-29-14-12-20/h3-14,16H,2,15,17-19H2,1H3,(H,30,33). The monoisotopic (exact) mass is 474 g/mol. The maximum atomic E-state index is 14.2. The molecule has 0 aliphatic carbocycles. The van der Waals surface area contributed by atoms with Crippen LogP contribution >= 0.6 is 0 Å². The summed E-state index contributed by atoms with van der Waals surface area (Å²) >= 11 is 0. The minimum absolute atomic E-state index is 0.0625. The molecule has 0 bridgehead atoms. The van der Waals surface area contributed by atoms with E-state index < -0.39 is 5.82 Å². The summed E-state index contributed by atoms with van der Waals surface area (Å²) in [6.45, 7) is 3.58. The maximum Gasteiger partial charge on any atom is 0.287 e. The second-order valence-electron chi connectivity index (χ2n) is 8.14. The van der Waals surface area contributed by atoms with Crippen molar-refractivity contribution in [1.82, 2.24) is 19.8 Å². The van der Waals surface area contributed by atoms with Crippen LogP contribution in [0, 0.1) is 5.82 Å². The van der Waals surface area contributed by atoms with Crippen molar-refractivity contribution in [3.05, 3.63) is 113 Å². The quantitative estimate of drug-likeness (QED) is 0.363. The van der Waals surface area contributed by atoms with Crippen LogP contribution in [-0.2, 0) is 19.6 Å². The van der Waals surface area contributed by atoms with E-state index in [-0.39, 0.29) is 23.1 Å². The largest absolute Gasteiger partial charge is 0.454 e. The van der Waals surface area contributed by atoms with Gasteiger partial charge >= 0.3 is 0 Å². The molecule has 1 aromatic carbocycles. The summed E-state index contributed by atoms with van der Waals surface area (Å²) in [5, 5.41) is 2.83. The Bertz CT molecular complexity index is 1280. The number of rotatable bonds is 10. The zero-order valence-electron chi connectivity index (χ0n) is 19.5. The van der Waals surface area contributed by atoms with Gasteiger partial charge in [0.1, 0.15) is 11.6 Å². The molecule has 0 spiro atoms. The molecule has 8 heteroatoms. The number of benzene rings is 1. The fraction of sp³-hybridized carbons (Fsp3) is 0.222. The average molecular weight is 475 g/mol. The van der Waals surface area contributed by atoms with Crippen LogP contribution in [-0.4, -0.2) is 32.8 Å². The van der Waals surface area contributed by atoms with Crippen molar-refractivity contribution in [2.75, 3.05) is 6.54 Å². The van der Waals surface area contributed by atoms with Crippen molar-refractivity contribution in [2.24, 2.45) is 0 Å². The van der Waals surface area contributed by atoms with Gasteiger partial charge in [-0.1, -0.05) is 19.1 Å². The number of halogens is 1. The number of nitrogens with zero attached hydrogens (tertiary/aromatic N) is 3. The molecule has 0 unspecified atom stereocenters. The lowest BCUT2D eigenvalue weighted by Gasteiger charge is -2.23. The number of hydrogen-bond acceptors (Lipinski definition) is 4. The molecule has 4 aromatic rings. The first kappa shape index (κ1) is 23.9. The second-order valence-corrected chi connectivity index (χ2v) is 8.14. The van der Waals surface area contributed by atoms with E-state index in [1.165, 1.54) is 12.1 Å². The Morgan fingerprint density at radius 3 is 2.63 bits per heavy atom. The Labute approximate surface area is 203 Å². The molecule has 2 amide bonds. The van der Waals surface area contributed by atoms with Gasteiger partial charge in [0.2, 0.25) is 0 Å². The molecule has 0 radical (unpaired) electrons. The van der Waals surface area contributed by atoms with Gasteiger partial charge < -0.3 is 19.2 Å². The van der Waals surface area contributed by atoms with E-state index >= 15 is 0 Å². The van der Waals surface area contributed by atoms with Crippen LogP contribution in [0.2, 0.25) is 0 Å². The van der Waals surface area contributed by atoms with Crippen molar-refractivity contribution in [3.63, 3.8) is 0 Å². The van der Waals surface area contributed by atoms with Crippen LogP contribution in [0.1, 0.15) is 51.3 Å². The van der Waals surface area contributed by atoms with Crippen LogP contribution in [0.4, 0.5) is 4.39 Å². The van der Waals surface area contributed by atoms with E-state index in [9.17, 15) is 14.0 Å². The fourth-order valence-corrected chi connectivity index (χ4v) is 3.79. The van der Waals surface area contributed by atoms with Gasteiger partial charge in [0.25, 0.3) is 11.8 Å². The van der Waals surface area contributed by atoms with Gasteiger partial charge in [0, 0.05) is 37.4 Å². The number of amides is 2. The van der Waals surface area contributed by atoms with E-state index in [0.29, 0.717) is 31.9 Å². The zero-order valence-corrected chi connectivity index (χ0v) is 19.5. The van der Waals surface area contributed by atoms with E-state index in [1.807, 2.05) is 42.0 Å². The van der Waals surface area contributed by atoms with E-state index in [2.05, 4.69) is 10.3 Å². The summed E-state index contributed by atoms with van der Waals surface area (Å²) in [5.74, 6) is -0.336. The number of carbonyl (C=O) groups is 2. The first-order valence-electron chi connectivity index (χ1n) is 11.5. The predicted octanol–water partition coefficient (Wildman–Crippen LogP) is 4.65. The third kappa shape index (κ3) is 6.03. The SMILES string of the molecule is CCCN(Cc1cccn1Cc1ccc(C(=O)NCc2ccncc2)o1)C(=O)c1ccccc1F. The minimum Gasteiger partial charge on any atom is -0.454 e. The summed E-state index contributed by atoms with van der Waals surface area (Å²) in [4.78, 5) is 31.1. The third-order valence-corrected chi connectivity index (χ3v) is 5.58. The number of carbonyl (C=O) groups excluding carboxylic acids is 2. The molecule has 0 aliphatic heterocycles. The van der Waals surface area contributed by atoms with Crippen LogP contribution < -0.4 is 5.32 Å². The fourth-order valence-electron chi connectivity index (χ4n) is 3.79. The topological polar surface area (TPSA) is 80.4 Å². The van der Waals surface area contributed by atoms with Crippen molar-refractivity contribution in [1.29, 1.82) is 0 Å². The van der Waals surface area contributed by atoms with Crippen LogP contribution in [0.3, 0.4) is 0 Å². The number of pyridine rings is 1. The van der Waals surface area contributed by atoms with Crippen LogP contribution in [0.25, 0.3) is 0 Å². The van der Waals surface area contributed by atoms with E-state index in [4.69, 9.17) is 4.42 Å². The van der Waals surface area contributed by atoms with Gasteiger partial charge in [-0.3, -0.25) is 14.6 Å². The summed E-state index contributed by atoms with van der Waals surface area (Å²) in [6.07, 6.45) is 5.98. The van der Waals surface area contributed by atoms with Gasteiger partial charge in [-0.25, -0.2) is 4.39 Å². The normalized spacial score (nSPS) is 10.8. The van der Waals surface area contributed by atoms with E-state index in [1.54, 1.807) is 41.6 Å². The maximum absolute atomic E-state index is 14.2. The summed E-state index contributed by atoms with van der Waals surface area (Å²) < 4.78 is 21.9. The van der Waals surface area contributed by atoms with Crippen molar-refractivity contribution in [2.45, 2.75) is 33.0 Å². The predicted molar refractivity (Wildman–Crippen MR) is 129 cm³/mol. The van der Waals surface area contributed by atoms with Gasteiger partial charge in [0.15, 0.2) is 5.76 Å². The molecule has 0 aliphatic rings. The molecule has 1 N–H and O–H groups in total. The number of nitrogens with one attached hydrogen (secondary N) is 1. The van der Waals surface area contributed by atoms with Gasteiger partial charge in [-0.2, -0.15) is 0 Å². The Kier molecular flexibility index (Phi) is 7.72. The lowest BCUT2D eigenvalue weighted by Crippen LogP contribution is -2.32. The average Bonchev–Trinajstić information content (AvgIpc) is 3.53. The molecule has 3 heterocycles. The molecule has 0 fully saturated rings. The van der Waals surface area contributed by atoms with Gasteiger partial charge in [-0.05, 0) is 60.5 Å². The summed E-state index contributed by atoms with van der Waals surface area (Å²) in [6, 6.07) is 16.9. The Morgan fingerprint density at radius 1 is 1.06 bits per heavy atom. The molecule has 0 atom stereocenters. The highest BCUT2D eigenvalue weighted by atomic mass is 19.1. The van der Waals surface area contributed by atoms with Crippen LogP contribution in [0.15, 0.2) is 83.7 Å². The second kappa shape index (κ2) is 11.3. The lowest BCUT2D eigenvalue weighted by atomic mass is 10.1. The van der Waals surface area contributed by atoms with Crippen molar-refractivity contribution >= 4 is 11.8 Å². The molecule has 3 aromatic heterocycles. The first-order valence-corrected chi connectivity index (χ1v) is 11.5. The molecule has 180 valence electrons. The Hall–Kier alpha value is -4.20. The highest BCUT2D eigenvalue weighted by Gasteiger charge is 2.20. The van der Waals surface area contributed by atoms with Gasteiger partial charge in [-0.15, -0.1) is 0 Å². The summed E-state index contributed by atoms with van der Waals surface area (Å²) in [5.41, 5.74) is 1.88. The third-order valence-electron chi connectivity index (χ3n) is 5.58. The first-order chi connectivity index (χ1) is 17.0. The highest BCUT2D eigenvalue weighted by Crippen LogP contribution is 2.17. The lowest BCUT2D eigenvalue weighted by molar-refractivity contribution is 0.0734. The molecular weight excluding hydrogens is 447 g/mol. The Balaban J connectivity index is 1.42. The molecule has 0 saturated carbocycles. The summed E-state index contributed by atoms with van der Waals surface area (Å²) in [7, 11) is 0. The van der Waals surface area contributed by atoms with Gasteiger partial charge in [0.05, 0.1) is 18.7 Å².